The predicted molar refractivity (Wildman–Crippen MR) is 66.4 cm³/mol. The van der Waals surface area contributed by atoms with Gasteiger partial charge in [0.1, 0.15) is 16.9 Å². The number of rotatable bonds is 1. The number of Topliss-reactive ketones (excluding diaryl/α,β-unsaturated/α-hetero) is 1. The Labute approximate surface area is 110 Å². The zero-order valence-corrected chi connectivity index (χ0v) is 11.1. The van der Waals surface area contributed by atoms with Crippen LogP contribution in [-0.4, -0.2) is 24.5 Å². The van der Waals surface area contributed by atoms with Crippen molar-refractivity contribution in [2.24, 2.45) is 0 Å². The number of carbonyl (C=O) groups is 2. The van der Waals surface area contributed by atoms with Crippen molar-refractivity contribution < 1.29 is 19.1 Å². The third-order valence-electron chi connectivity index (χ3n) is 2.72. The van der Waals surface area contributed by atoms with Crippen LogP contribution in [0.15, 0.2) is 12.1 Å². The minimum atomic E-state index is -0.638. The van der Waals surface area contributed by atoms with Crippen LogP contribution in [0.25, 0.3) is 0 Å². The van der Waals surface area contributed by atoms with E-state index in [-0.39, 0.29) is 23.5 Å². The molecule has 0 saturated heterocycles. The Balaban J connectivity index is 2.64. The van der Waals surface area contributed by atoms with E-state index in [0.29, 0.717) is 10.6 Å². The van der Waals surface area contributed by atoms with Crippen LogP contribution in [-0.2, 0) is 4.74 Å². The summed E-state index contributed by atoms with van der Waals surface area (Å²) in [5, 5.41) is 0.311. The molecule has 0 saturated carbocycles. The van der Waals surface area contributed by atoms with Crippen LogP contribution in [0.2, 0.25) is 5.02 Å². The molecule has 0 spiro atoms. The van der Waals surface area contributed by atoms with Gasteiger partial charge >= 0.3 is 5.97 Å². The van der Waals surface area contributed by atoms with Gasteiger partial charge in [0, 0.05) is 5.02 Å². The number of benzene rings is 1. The lowest BCUT2D eigenvalue weighted by atomic mass is 9.91. The molecule has 0 radical (unpaired) electrons. The van der Waals surface area contributed by atoms with Crippen molar-refractivity contribution in [3.05, 3.63) is 28.3 Å². The summed E-state index contributed by atoms with van der Waals surface area (Å²) in [6, 6.07) is 2.96. The molecule has 0 bridgehead atoms. The number of carbonyl (C=O) groups excluding carboxylic acids is 2. The van der Waals surface area contributed by atoms with Gasteiger partial charge in [-0.25, -0.2) is 4.79 Å². The predicted octanol–water partition coefficient (Wildman–Crippen LogP) is 2.87. The Kier molecular flexibility index (Phi) is 3.07. The highest BCUT2D eigenvalue weighted by Crippen LogP contribution is 2.38. The fourth-order valence-electron chi connectivity index (χ4n) is 1.97. The Morgan fingerprint density at radius 2 is 2.11 bits per heavy atom. The van der Waals surface area contributed by atoms with E-state index in [0.717, 1.165) is 0 Å². The van der Waals surface area contributed by atoms with Crippen LogP contribution < -0.4 is 4.74 Å². The molecule has 4 nitrogen and oxygen atoms in total. The largest absolute Gasteiger partial charge is 0.486 e. The number of fused-ring (bicyclic) bond motifs is 1. The van der Waals surface area contributed by atoms with Crippen LogP contribution in [0.5, 0.6) is 5.75 Å². The summed E-state index contributed by atoms with van der Waals surface area (Å²) in [5.74, 6) is -0.402. The molecule has 1 aromatic rings. The Morgan fingerprint density at radius 3 is 2.72 bits per heavy atom. The van der Waals surface area contributed by atoms with Crippen molar-refractivity contribution in [3.63, 3.8) is 0 Å². The average molecular weight is 269 g/mol. The molecule has 0 amide bonds. The number of hydrogen-bond donors (Lipinski definition) is 0. The topological polar surface area (TPSA) is 52.6 Å². The molecule has 18 heavy (non-hydrogen) atoms. The first-order chi connectivity index (χ1) is 8.34. The first kappa shape index (κ1) is 12.9. The molecule has 0 aromatic heterocycles. The van der Waals surface area contributed by atoms with Gasteiger partial charge in [-0.3, -0.25) is 4.79 Å². The van der Waals surface area contributed by atoms with Crippen molar-refractivity contribution in [1.82, 2.24) is 0 Å². The normalized spacial score (nSPS) is 16.8. The average Bonchev–Trinajstić information content (AvgIpc) is 2.27. The van der Waals surface area contributed by atoms with Gasteiger partial charge < -0.3 is 9.47 Å². The maximum Gasteiger partial charge on any atom is 0.341 e. The van der Waals surface area contributed by atoms with Crippen molar-refractivity contribution in [2.45, 2.75) is 25.9 Å². The number of methoxy groups -OCH3 is 1. The highest BCUT2D eigenvalue weighted by atomic mass is 35.5. The van der Waals surface area contributed by atoms with Crippen molar-refractivity contribution in [3.8, 4) is 5.75 Å². The minimum Gasteiger partial charge on any atom is -0.486 e. The Bertz CT molecular complexity index is 534. The van der Waals surface area contributed by atoms with E-state index in [4.69, 9.17) is 16.3 Å². The minimum absolute atomic E-state index is 0.0890. The van der Waals surface area contributed by atoms with Gasteiger partial charge in [-0.1, -0.05) is 11.6 Å². The molecule has 96 valence electrons. The fraction of sp³-hybridized carbons (Fsp3) is 0.385. The molecule has 1 aromatic carbocycles. The first-order valence-electron chi connectivity index (χ1n) is 5.48. The molecule has 1 aliphatic heterocycles. The number of esters is 1. The van der Waals surface area contributed by atoms with Gasteiger partial charge in [0.25, 0.3) is 0 Å². The van der Waals surface area contributed by atoms with Gasteiger partial charge in [0.15, 0.2) is 5.78 Å². The monoisotopic (exact) mass is 268 g/mol. The zero-order valence-electron chi connectivity index (χ0n) is 10.4. The summed E-state index contributed by atoms with van der Waals surface area (Å²) >= 11 is 5.90. The first-order valence-corrected chi connectivity index (χ1v) is 5.86. The van der Waals surface area contributed by atoms with E-state index in [1.54, 1.807) is 13.8 Å². The molecule has 2 rings (SSSR count). The van der Waals surface area contributed by atoms with Crippen LogP contribution in [0, 0.1) is 0 Å². The Morgan fingerprint density at radius 1 is 1.44 bits per heavy atom. The van der Waals surface area contributed by atoms with Crippen molar-refractivity contribution in [1.29, 1.82) is 0 Å². The second-order valence-electron chi connectivity index (χ2n) is 4.78. The summed E-state index contributed by atoms with van der Waals surface area (Å²) < 4.78 is 10.4. The van der Waals surface area contributed by atoms with Crippen molar-refractivity contribution >= 4 is 23.4 Å². The van der Waals surface area contributed by atoms with Gasteiger partial charge in [-0.2, -0.15) is 0 Å². The standard InChI is InChI=1S/C13H13ClO4/c1-13(2)6-10(15)8-4-7(14)5-9(11(8)18-13)12(16)17-3/h4-5H,6H2,1-3H3. The molecular formula is C13H13ClO4. The maximum absolute atomic E-state index is 12.0. The van der Waals surface area contributed by atoms with Gasteiger partial charge in [-0.05, 0) is 26.0 Å². The molecule has 1 heterocycles. The van der Waals surface area contributed by atoms with Crippen LogP contribution in [0.4, 0.5) is 0 Å². The summed E-state index contributed by atoms with van der Waals surface area (Å²) in [7, 11) is 1.27. The van der Waals surface area contributed by atoms with E-state index in [9.17, 15) is 9.59 Å². The number of ether oxygens (including phenoxy) is 2. The molecule has 1 aliphatic rings. The van der Waals surface area contributed by atoms with Gasteiger partial charge in [0.05, 0.1) is 19.1 Å². The number of hydrogen-bond acceptors (Lipinski definition) is 4. The molecule has 0 aliphatic carbocycles. The second-order valence-corrected chi connectivity index (χ2v) is 5.22. The third kappa shape index (κ3) is 2.20. The lowest BCUT2D eigenvalue weighted by Gasteiger charge is -2.32. The highest BCUT2D eigenvalue weighted by molar-refractivity contribution is 6.31. The highest BCUT2D eigenvalue weighted by Gasteiger charge is 2.35. The molecule has 0 N–H and O–H groups in total. The van der Waals surface area contributed by atoms with E-state index in [1.165, 1.54) is 19.2 Å². The summed E-state index contributed by atoms with van der Waals surface area (Å²) in [6.07, 6.45) is 0.251. The smallest absolute Gasteiger partial charge is 0.341 e. The molecule has 0 atom stereocenters. The number of halogens is 1. The molecule has 0 unspecified atom stereocenters. The summed E-state index contributed by atoms with van der Waals surface area (Å²) in [5.41, 5.74) is -0.121. The molecular weight excluding hydrogens is 256 g/mol. The molecule has 5 heteroatoms. The lowest BCUT2D eigenvalue weighted by Crippen LogP contribution is -2.36. The quantitative estimate of drug-likeness (QED) is 0.735. The second kappa shape index (κ2) is 4.28. The third-order valence-corrected chi connectivity index (χ3v) is 2.94. The van der Waals surface area contributed by atoms with E-state index in [1.807, 2.05) is 0 Å². The SMILES string of the molecule is COC(=O)c1cc(Cl)cc2c1OC(C)(C)CC2=O. The van der Waals surface area contributed by atoms with Crippen molar-refractivity contribution in [2.75, 3.05) is 7.11 Å². The van der Waals surface area contributed by atoms with Gasteiger partial charge in [-0.15, -0.1) is 0 Å². The Hall–Kier alpha value is -1.55. The summed E-state index contributed by atoms with van der Waals surface area (Å²) in [6.45, 7) is 3.59. The number of ketones is 1. The zero-order chi connectivity index (χ0) is 13.5. The van der Waals surface area contributed by atoms with E-state index < -0.39 is 11.6 Å². The lowest BCUT2D eigenvalue weighted by molar-refractivity contribution is 0.0539. The van der Waals surface area contributed by atoms with Gasteiger partial charge in [0.2, 0.25) is 0 Å². The fourth-order valence-corrected chi connectivity index (χ4v) is 2.18. The van der Waals surface area contributed by atoms with Crippen LogP contribution >= 0.6 is 11.6 Å². The maximum atomic E-state index is 12.0. The molecule has 0 fully saturated rings. The van der Waals surface area contributed by atoms with E-state index in [2.05, 4.69) is 4.74 Å². The van der Waals surface area contributed by atoms with E-state index >= 15 is 0 Å². The van der Waals surface area contributed by atoms with Crippen LogP contribution in [0.1, 0.15) is 41.0 Å². The van der Waals surface area contributed by atoms with Crippen LogP contribution in [0.3, 0.4) is 0 Å². The summed E-state index contributed by atoms with van der Waals surface area (Å²) in [4.78, 5) is 23.7.